The number of rotatable bonds is 5. The van der Waals surface area contributed by atoms with Crippen LogP contribution in [0.1, 0.15) is 11.1 Å². The minimum absolute atomic E-state index is 0.305. The van der Waals surface area contributed by atoms with Crippen LogP contribution in [-0.4, -0.2) is 25.7 Å². The van der Waals surface area contributed by atoms with E-state index in [-0.39, 0.29) is 5.82 Å². The molecule has 3 nitrogen and oxygen atoms in total. The quantitative estimate of drug-likeness (QED) is 0.759. The number of hydrogen-bond acceptors (Lipinski definition) is 3. The van der Waals surface area contributed by atoms with Crippen LogP contribution >= 0.6 is 11.6 Å². The van der Waals surface area contributed by atoms with Crippen molar-refractivity contribution in [2.24, 2.45) is 0 Å². The van der Waals surface area contributed by atoms with Crippen LogP contribution in [0.5, 0.6) is 5.75 Å². The second kappa shape index (κ2) is 7.62. The second-order valence-corrected chi connectivity index (χ2v) is 6.20. The van der Waals surface area contributed by atoms with E-state index >= 15 is 0 Å². The number of allylic oxidation sites excluding steroid dienone is 2. The van der Waals surface area contributed by atoms with Gasteiger partial charge in [-0.25, -0.2) is 4.39 Å². The van der Waals surface area contributed by atoms with E-state index in [0.717, 1.165) is 22.6 Å². The van der Waals surface area contributed by atoms with Crippen molar-refractivity contribution in [1.29, 1.82) is 0 Å². The molecule has 130 valence electrons. The molecular weight excluding hydrogens is 341 g/mol. The van der Waals surface area contributed by atoms with Gasteiger partial charge in [0.15, 0.2) is 0 Å². The van der Waals surface area contributed by atoms with Crippen LogP contribution in [0.25, 0.3) is 5.57 Å². The first kappa shape index (κ1) is 17.4. The molecule has 0 bridgehead atoms. The highest BCUT2D eigenvalue weighted by atomic mass is 35.5. The number of hydrogen-bond donors (Lipinski definition) is 0. The first-order valence-electron chi connectivity index (χ1n) is 7.88. The molecule has 5 heteroatoms. The summed E-state index contributed by atoms with van der Waals surface area (Å²) in [5.41, 5.74) is 2.63. The van der Waals surface area contributed by atoms with Crippen molar-refractivity contribution in [3.8, 4) is 5.75 Å². The Balaban J connectivity index is 1.87. The van der Waals surface area contributed by atoms with Crippen molar-refractivity contribution in [2.45, 2.75) is 6.54 Å². The van der Waals surface area contributed by atoms with Gasteiger partial charge in [-0.15, -0.1) is 0 Å². The molecule has 0 N–H and O–H groups in total. The number of halogens is 2. The summed E-state index contributed by atoms with van der Waals surface area (Å²) in [7, 11) is 3.28. The summed E-state index contributed by atoms with van der Waals surface area (Å²) >= 11 is 5.83. The van der Waals surface area contributed by atoms with Gasteiger partial charge in [-0.1, -0.05) is 29.8 Å². The lowest BCUT2D eigenvalue weighted by molar-refractivity contribution is 0.239. The maximum atomic E-state index is 14.1. The first-order valence-corrected chi connectivity index (χ1v) is 8.25. The van der Waals surface area contributed by atoms with E-state index in [1.54, 1.807) is 26.4 Å². The molecule has 1 heterocycles. The summed E-state index contributed by atoms with van der Waals surface area (Å²) < 4.78 is 24.7. The van der Waals surface area contributed by atoms with Crippen LogP contribution in [-0.2, 0) is 11.3 Å². The summed E-state index contributed by atoms with van der Waals surface area (Å²) in [5, 5.41) is 0.395. The molecule has 0 aromatic heterocycles. The lowest BCUT2D eigenvalue weighted by Crippen LogP contribution is -2.24. The smallest absolute Gasteiger partial charge is 0.129 e. The van der Waals surface area contributed by atoms with E-state index < -0.39 is 0 Å². The van der Waals surface area contributed by atoms with Crippen LogP contribution < -0.4 is 4.74 Å². The summed E-state index contributed by atoms with van der Waals surface area (Å²) in [6, 6.07) is 12.5. The monoisotopic (exact) mass is 359 g/mol. The minimum atomic E-state index is -0.305. The molecule has 0 radical (unpaired) electrons. The van der Waals surface area contributed by atoms with Gasteiger partial charge in [-0.2, -0.15) is 0 Å². The van der Waals surface area contributed by atoms with Crippen molar-refractivity contribution >= 4 is 17.2 Å². The normalized spacial score (nSPS) is 14.0. The van der Waals surface area contributed by atoms with E-state index in [1.165, 1.54) is 6.07 Å². The van der Waals surface area contributed by atoms with E-state index in [2.05, 4.69) is 0 Å². The minimum Gasteiger partial charge on any atom is -0.499 e. The standard InChI is InChI=1S/C20H19ClFNO2/c1-24-18-7-4-14(5-8-18)16-9-19(25-2)13-23(12-16)11-15-3-6-17(21)10-20(15)22/h3-10,12H,11,13H2,1-2H3. The van der Waals surface area contributed by atoms with Crippen LogP contribution in [0.3, 0.4) is 0 Å². The molecule has 1 aliphatic heterocycles. The molecule has 0 unspecified atom stereocenters. The van der Waals surface area contributed by atoms with Gasteiger partial charge in [0.25, 0.3) is 0 Å². The third-order valence-electron chi connectivity index (χ3n) is 4.07. The van der Waals surface area contributed by atoms with Crippen LogP contribution in [0.2, 0.25) is 5.02 Å². The largest absolute Gasteiger partial charge is 0.499 e. The highest BCUT2D eigenvalue weighted by molar-refractivity contribution is 6.30. The fraction of sp³-hybridized carbons (Fsp3) is 0.200. The van der Waals surface area contributed by atoms with E-state index in [9.17, 15) is 4.39 Å². The zero-order valence-electron chi connectivity index (χ0n) is 14.1. The van der Waals surface area contributed by atoms with Gasteiger partial charge in [0.1, 0.15) is 17.3 Å². The van der Waals surface area contributed by atoms with Crippen molar-refractivity contribution in [3.05, 3.63) is 82.5 Å². The van der Waals surface area contributed by atoms with Crippen molar-refractivity contribution in [1.82, 2.24) is 4.90 Å². The van der Waals surface area contributed by atoms with Gasteiger partial charge in [0.2, 0.25) is 0 Å². The molecule has 0 atom stereocenters. The van der Waals surface area contributed by atoms with Crippen LogP contribution in [0.4, 0.5) is 4.39 Å². The predicted molar refractivity (Wildman–Crippen MR) is 97.9 cm³/mol. The highest BCUT2D eigenvalue weighted by Crippen LogP contribution is 2.27. The Labute approximate surface area is 151 Å². The number of nitrogens with zero attached hydrogens (tertiary/aromatic N) is 1. The third kappa shape index (κ3) is 4.15. The fourth-order valence-electron chi connectivity index (χ4n) is 2.73. The maximum absolute atomic E-state index is 14.1. The summed E-state index contributed by atoms with van der Waals surface area (Å²) in [6.07, 6.45) is 4.01. The first-order chi connectivity index (χ1) is 12.1. The Hall–Kier alpha value is -2.46. The van der Waals surface area contributed by atoms with Gasteiger partial charge < -0.3 is 14.4 Å². The molecule has 0 saturated heterocycles. The molecule has 0 aliphatic carbocycles. The summed E-state index contributed by atoms with van der Waals surface area (Å²) in [5.74, 6) is 1.32. The van der Waals surface area contributed by atoms with Gasteiger partial charge in [0.05, 0.1) is 20.8 Å². The molecule has 0 amide bonds. The van der Waals surface area contributed by atoms with E-state index in [4.69, 9.17) is 21.1 Å². The van der Waals surface area contributed by atoms with E-state index in [0.29, 0.717) is 23.7 Å². The fourth-order valence-corrected chi connectivity index (χ4v) is 2.89. The molecule has 2 aromatic carbocycles. The van der Waals surface area contributed by atoms with Gasteiger partial charge in [-0.3, -0.25) is 0 Å². The van der Waals surface area contributed by atoms with Crippen LogP contribution in [0, 0.1) is 5.82 Å². The third-order valence-corrected chi connectivity index (χ3v) is 4.31. The Morgan fingerprint density at radius 1 is 1.08 bits per heavy atom. The lowest BCUT2D eigenvalue weighted by atomic mass is 10.0. The predicted octanol–water partition coefficient (Wildman–Crippen LogP) is 4.87. The molecule has 1 aliphatic rings. The molecule has 0 saturated carbocycles. The summed E-state index contributed by atoms with van der Waals surface area (Å²) in [6.45, 7) is 1.02. The maximum Gasteiger partial charge on any atom is 0.129 e. The average molecular weight is 360 g/mol. The zero-order chi connectivity index (χ0) is 17.8. The van der Waals surface area contributed by atoms with Crippen molar-refractivity contribution < 1.29 is 13.9 Å². The average Bonchev–Trinajstić information content (AvgIpc) is 2.64. The Morgan fingerprint density at radius 3 is 2.48 bits per heavy atom. The highest BCUT2D eigenvalue weighted by Gasteiger charge is 2.16. The molecule has 3 rings (SSSR count). The molecule has 2 aromatic rings. The van der Waals surface area contributed by atoms with Crippen molar-refractivity contribution in [3.63, 3.8) is 0 Å². The molecule has 25 heavy (non-hydrogen) atoms. The van der Waals surface area contributed by atoms with Crippen LogP contribution in [0.15, 0.2) is 60.5 Å². The topological polar surface area (TPSA) is 21.7 Å². The number of benzene rings is 2. The Kier molecular flexibility index (Phi) is 5.29. The summed E-state index contributed by atoms with van der Waals surface area (Å²) in [4.78, 5) is 2.02. The van der Waals surface area contributed by atoms with E-state index in [1.807, 2.05) is 41.4 Å². The molecule has 0 fully saturated rings. The SMILES string of the molecule is COC1=CC(c2ccc(OC)cc2)=CN(Cc2ccc(Cl)cc2F)C1. The number of methoxy groups -OCH3 is 2. The Bertz CT molecular complexity index is 815. The zero-order valence-corrected chi connectivity index (χ0v) is 14.9. The Morgan fingerprint density at radius 2 is 1.84 bits per heavy atom. The number of ether oxygens (including phenoxy) is 2. The molecular formula is C20H19ClFNO2. The van der Waals surface area contributed by atoms with Gasteiger partial charge in [0, 0.05) is 28.9 Å². The molecule has 0 spiro atoms. The van der Waals surface area contributed by atoms with Gasteiger partial charge >= 0.3 is 0 Å². The second-order valence-electron chi connectivity index (χ2n) is 5.77. The van der Waals surface area contributed by atoms with Crippen molar-refractivity contribution in [2.75, 3.05) is 20.8 Å². The lowest BCUT2D eigenvalue weighted by Gasteiger charge is -2.27. The van der Waals surface area contributed by atoms with Gasteiger partial charge in [-0.05, 0) is 35.9 Å².